The zero-order valence-electron chi connectivity index (χ0n) is 16.8. The van der Waals surface area contributed by atoms with Crippen molar-refractivity contribution in [1.29, 1.82) is 0 Å². The molecular weight excluding hydrogens is 426 g/mol. The number of hydrogen-bond acceptors (Lipinski definition) is 5. The first-order valence-corrected chi connectivity index (χ1v) is 10.4. The molecule has 0 aliphatic carbocycles. The zero-order chi connectivity index (χ0) is 22.1. The third-order valence-corrected chi connectivity index (χ3v) is 5.77. The van der Waals surface area contributed by atoms with Crippen LogP contribution in [0.4, 0.5) is 0 Å². The lowest BCUT2D eigenvalue weighted by Gasteiger charge is -2.25. The summed E-state index contributed by atoms with van der Waals surface area (Å²) in [6.07, 6.45) is 3.38. The van der Waals surface area contributed by atoms with Gasteiger partial charge in [0.1, 0.15) is 23.3 Å². The van der Waals surface area contributed by atoms with Gasteiger partial charge in [-0.3, -0.25) is 4.98 Å². The van der Waals surface area contributed by atoms with E-state index in [0.717, 1.165) is 11.5 Å². The van der Waals surface area contributed by atoms with Crippen LogP contribution in [0, 0.1) is 0 Å². The molecule has 1 aliphatic heterocycles. The number of rotatable bonds is 6. The summed E-state index contributed by atoms with van der Waals surface area (Å²) < 4.78 is 11.8. The number of furan rings is 2. The van der Waals surface area contributed by atoms with Gasteiger partial charge in [-0.05, 0) is 60.7 Å². The van der Waals surface area contributed by atoms with E-state index in [1.54, 1.807) is 30.7 Å². The van der Waals surface area contributed by atoms with Crippen LogP contribution in [-0.4, -0.2) is 26.1 Å². The number of carbonyl (C=O) groups is 1. The minimum atomic E-state index is -0.983. The van der Waals surface area contributed by atoms with Crippen LogP contribution in [0.25, 0.3) is 11.3 Å². The Morgan fingerprint density at radius 3 is 2.78 bits per heavy atom. The van der Waals surface area contributed by atoms with Crippen molar-refractivity contribution >= 4 is 23.3 Å². The van der Waals surface area contributed by atoms with Crippen LogP contribution in [0.1, 0.15) is 39.7 Å². The predicted molar refractivity (Wildman–Crippen MR) is 121 cm³/mol. The standard InChI is InChI=1S/C24H19N3O4S/c28-23(29)16-6-3-5-15(13-16)19-9-10-20(31-19)22-21(18-8-1-2-11-25-18)26-24(32)27(22)14-17-7-4-12-30-17/h1-13,21-22H,14H2,(H,26,32)(H,28,29)/t21-,22-/m0/s1. The summed E-state index contributed by atoms with van der Waals surface area (Å²) in [6.45, 7) is 0.470. The van der Waals surface area contributed by atoms with E-state index in [1.165, 1.54) is 0 Å². The van der Waals surface area contributed by atoms with Crippen molar-refractivity contribution in [2.75, 3.05) is 0 Å². The minimum absolute atomic E-state index is 0.204. The van der Waals surface area contributed by atoms with Crippen molar-refractivity contribution in [3.63, 3.8) is 0 Å². The Bertz CT molecular complexity index is 1250. The van der Waals surface area contributed by atoms with Crippen LogP contribution in [0.2, 0.25) is 0 Å². The van der Waals surface area contributed by atoms with Crippen LogP contribution in [0.3, 0.4) is 0 Å². The molecule has 7 nitrogen and oxygen atoms in total. The summed E-state index contributed by atoms with van der Waals surface area (Å²) >= 11 is 5.65. The minimum Gasteiger partial charge on any atom is -0.478 e. The molecule has 0 spiro atoms. The summed E-state index contributed by atoms with van der Waals surface area (Å²) in [5.74, 6) is 1.07. The van der Waals surface area contributed by atoms with Gasteiger partial charge in [0.15, 0.2) is 5.11 Å². The third kappa shape index (κ3) is 3.76. The third-order valence-electron chi connectivity index (χ3n) is 5.42. The molecule has 1 aliphatic rings. The van der Waals surface area contributed by atoms with E-state index < -0.39 is 5.97 Å². The number of aromatic carboxylic acids is 1. The van der Waals surface area contributed by atoms with Crippen molar-refractivity contribution in [2.45, 2.75) is 18.6 Å². The second-order valence-electron chi connectivity index (χ2n) is 7.42. The van der Waals surface area contributed by atoms with Crippen molar-refractivity contribution in [3.8, 4) is 11.3 Å². The van der Waals surface area contributed by atoms with Gasteiger partial charge in [-0.15, -0.1) is 0 Å². The monoisotopic (exact) mass is 445 g/mol. The van der Waals surface area contributed by atoms with E-state index in [-0.39, 0.29) is 17.6 Å². The normalized spacial score (nSPS) is 18.0. The van der Waals surface area contributed by atoms with Crippen molar-refractivity contribution in [1.82, 2.24) is 15.2 Å². The number of pyridine rings is 1. The van der Waals surface area contributed by atoms with Crippen molar-refractivity contribution < 1.29 is 18.7 Å². The Kier molecular flexibility index (Phi) is 5.20. The smallest absolute Gasteiger partial charge is 0.335 e. The fraction of sp³-hybridized carbons (Fsp3) is 0.125. The van der Waals surface area contributed by atoms with Gasteiger partial charge in [0.2, 0.25) is 0 Å². The molecule has 32 heavy (non-hydrogen) atoms. The molecule has 0 unspecified atom stereocenters. The highest BCUT2D eigenvalue weighted by molar-refractivity contribution is 7.80. The average Bonchev–Trinajstić information content (AvgIpc) is 3.56. The van der Waals surface area contributed by atoms with E-state index in [0.29, 0.717) is 28.7 Å². The molecule has 3 aromatic heterocycles. The highest BCUT2D eigenvalue weighted by Crippen LogP contribution is 2.41. The van der Waals surface area contributed by atoms with E-state index in [2.05, 4.69) is 10.3 Å². The first-order valence-electron chi connectivity index (χ1n) is 10.0. The van der Waals surface area contributed by atoms with Gasteiger partial charge in [0.05, 0.1) is 30.1 Å². The van der Waals surface area contributed by atoms with Crippen LogP contribution in [0.15, 0.2) is 88.0 Å². The summed E-state index contributed by atoms with van der Waals surface area (Å²) in [6, 6.07) is 19.4. The zero-order valence-corrected chi connectivity index (χ0v) is 17.7. The second-order valence-corrected chi connectivity index (χ2v) is 7.81. The first kappa shape index (κ1) is 20.0. The first-order chi connectivity index (χ1) is 15.6. The number of nitrogens with one attached hydrogen (secondary N) is 1. The Hall–Kier alpha value is -3.91. The molecule has 4 aromatic rings. The molecule has 1 fully saturated rings. The molecule has 0 saturated carbocycles. The van der Waals surface area contributed by atoms with Crippen molar-refractivity contribution in [3.05, 3.63) is 102 Å². The molecule has 0 radical (unpaired) electrons. The highest BCUT2D eigenvalue weighted by Gasteiger charge is 2.42. The molecule has 0 amide bonds. The largest absolute Gasteiger partial charge is 0.478 e. The fourth-order valence-corrected chi connectivity index (χ4v) is 4.23. The molecule has 1 saturated heterocycles. The number of carboxylic acid groups (broad SMARTS) is 1. The summed E-state index contributed by atoms with van der Waals surface area (Å²) in [7, 11) is 0. The number of nitrogens with zero attached hydrogens (tertiary/aromatic N) is 2. The second kappa shape index (κ2) is 8.32. The summed E-state index contributed by atoms with van der Waals surface area (Å²) in [5, 5.41) is 13.3. The SMILES string of the molecule is O=C(O)c1cccc(-c2ccc([C@H]3[C@H](c4ccccn4)NC(=S)N3Cc3ccco3)o2)c1. The van der Waals surface area contributed by atoms with Gasteiger partial charge in [-0.25, -0.2) is 4.79 Å². The molecule has 2 atom stereocenters. The summed E-state index contributed by atoms with van der Waals surface area (Å²) in [4.78, 5) is 17.9. The highest BCUT2D eigenvalue weighted by atomic mass is 32.1. The Morgan fingerprint density at radius 1 is 1.12 bits per heavy atom. The molecular formula is C24H19N3O4S. The summed E-state index contributed by atoms with van der Waals surface area (Å²) in [5.41, 5.74) is 1.74. The molecule has 8 heteroatoms. The lowest BCUT2D eigenvalue weighted by molar-refractivity contribution is 0.0697. The maximum absolute atomic E-state index is 11.4. The van der Waals surface area contributed by atoms with Crippen molar-refractivity contribution in [2.24, 2.45) is 0 Å². The number of hydrogen-bond donors (Lipinski definition) is 2. The van der Waals surface area contributed by atoms with Crippen LogP contribution in [-0.2, 0) is 6.54 Å². The molecule has 1 aromatic carbocycles. The lowest BCUT2D eigenvalue weighted by Crippen LogP contribution is -2.28. The van der Waals surface area contributed by atoms with E-state index >= 15 is 0 Å². The number of benzene rings is 1. The molecule has 4 heterocycles. The van der Waals surface area contributed by atoms with Gasteiger partial charge in [-0.1, -0.05) is 18.2 Å². The topological polar surface area (TPSA) is 91.7 Å². The number of aromatic nitrogens is 1. The van der Waals surface area contributed by atoms with E-state index in [4.69, 9.17) is 21.1 Å². The molecule has 5 rings (SSSR count). The van der Waals surface area contributed by atoms with Gasteiger partial charge in [0, 0.05) is 11.8 Å². The quantitative estimate of drug-likeness (QED) is 0.409. The average molecular weight is 446 g/mol. The Labute approximate surface area is 189 Å². The molecule has 160 valence electrons. The van der Waals surface area contributed by atoms with E-state index in [1.807, 2.05) is 53.4 Å². The van der Waals surface area contributed by atoms with E-state index in [9.17, 15) is 9.90 Å². The van der Waals surface area contributed by atoms with Gasteiger partial charge < -0.3 is 24.2 Å². The molecule has 2 N–H and O–H groups in total. The van der Waals surface area contributed by atoms with Crippen LogP contribution < -0.4 is 5.32 Å². The Morgan fingerprint density at radius 2 is 2.03 bits per heavy atom. The Balaban J connectivity index is 1.53. The van der Waals surface area contributed by atoms with Gasteiger partial charge >= 0.3 is 5.97 Å². The maximum Gasteiger partial charge on any atom is 0.335 e. The maximum atomic E-state index is 11.4. The van der Waals surface area contributed by atoms with Crippen LogP contribution >= 0.6 is 12.2 Å². The lowest BCUT2D eigenvalue weighted by atomic mass is 10.0. The fourth-order valence-electron chi connectivity index (χ4n) is 3.93. The van der Waals surface area contributed by atoms with Gasteiger partial charge in [0.25, 0.3) is 0 Å². The molecule has 0 bridgehead atoms. The number of thiocarbonyl (C=S) groups is 1. The van der Waals surface area contributed by atoms with Gasteiger partial charge in [-0.2, -0.15) is 0 Å². The predicted octanol–water partition coefficient (Wildman–Crippen LogP) is 4.81. The van der Waals surface area contributed by atoms with Crippen LogP contribution in [0.5, 0.6) is 0 Å². The number of carboxylic acids is 1.